The van der Waals surface area contributed by atoms with E-state index >= 15 is 0 Å². The molecule has 0 aliphatic heterocycles. The van der Waals surface area contributed by atoms with Crippen LogP contribution in [0.4, 0.5) is 0 Å². The van der Waals surface area contributed by atoms with Crippen molar-refractivity contribution < 1.29 is 9.90 Å². The maximum atomic E-state index is 13.1. The highest BCUT2D eigenvalue weighted by Gasteiger charge is 2.21. The fraction of sp³-hybridized carbons (Fsp3) is 0.0455. The number of carbonyl (C=O) groups excluding carboxylic acids is 1. The lowest BCUT2D eigenvalue weighted by atomic mass is 9.97. The van der Waals surface area contributed by atoms with Crippen molar-refractivity contribution in [3.05, 3.63) is 88.8 Å². The van der Waals surface area contributed by atoms with E-state index in [2.05, 4.69) is 12.1 Å². The first kappa shape index (κ1) is 15.6. The average Bonchev–Trinajstić information content (AvgIpc) is 3.01. The van der Waals surface area contributed by atoms with Gasteiger partial charge in [-0.3, -0.25) is 4.79 Å². The summed E-state index contributed by atoms with van der Waals surface area (Å²) in [6, 6.07) is 22.8. The Labute approximate surface area is 150 Å². The number of hydrogen-bond acceptors (Lipinski definition) is 3. The summed E-state index contributed by atoms with van der Waals surface area (Å²) < 4.78 is 0.912. The Balaban J connectivity index is 1.98. The summed E-state index contributed by atoms with van der Waals surface area (Å²) in [5, 5.41) is 10.8. The summed E-state index contributed by atoms with van der Waals surface area (Å²) in [5.41, 5.74) is 3.80. The van der Waals surface area contributed by atoms with Gasteiger partial charge in [0.2, 0.25) is 5.78 Å². The Morgan fingerprint density at radius 2 is 1.64 bits per heavy atom. The molecule has 1 heterocycles. The van der Waals surface area contributed by atoms with Gasteiger partial charge in [-0.05, 0) is 30.7 Å². The van der Waals surface area contributed by atoms with Crippen LogP contribution in [0.15, 0.2) is 72.8 Å². The van der Waals surface area contributed by atoms with Crippen LogP contribution in [-0.2, 0) is 0 Å². The SMILES string of the molecule is Cc1ccc(-c2c(C(=O)c3ccccc3)sc3cc(O)ccc23)cc1. The molecule has 0 atom stereocenters. The zero-order valence-electron chi connectivity index (χ0n) is 13.7. The lowest BCUT2D eigenvalue weighted by Crippen LogP contribution is -2.00. The van der Waals surface area contributed by atoms with Crippen molar-refractivity contribution in [2.24, 2.45) is 0 Å². The normalized spacial score (nSPS) is 10.9. The lowest BCUT2D eigenvalue weighted by molar-refractivity contribution is 0.104. The molecule has 25 heavy (non-hydrogen) atoms. The van der Waals surface area contributed by atoms with Gasteiger partial charge in [0.15, 0.2) is 0 Å². The predicted octanol–water partition coefficient (Wildman–Crippen LogP) is 5.81. The van der Waals surface area contributed by atoms with Gasteiger partial charge in [-0.25, -0.2) is 0 Å². The standard InChI is InChI=1S/C22H16O2S/c1-14-7-9-15(10-8-14)20-18-12-11-17(23)13-19(18)25-22(20)21(24)16-5-3-2-4-6-16/h2-13,23H,1H3. The number of benzene rings is 3. The van der Waals surface area contributed by atoms with Crippen LogP contribution in [-0.4, -0.2) is 10.9 Å². The number of aryl methyl sites for hydroxylation is 1. The van der Waals surface area contributed by atoms with Crippen LogP contribution in [0, 0.1) is 6.92 Å². The number of phenolic OH excluding ortho intramolecular Hbond substituents is 1. The minimum Gasteiger partial charge on any atom is -0.508 e. The fourth-order valence-corrected chi connectivity index (χ4v) is 4.19. The van der Waals surface area contributed by atoms with E-state index in [1.165, 1.54) is 16.9 Å². The van der Waals surface area contributed by atoms with Crippen molar-refractivity contribution >= 4 is 27.2 Å². The Morgan fingerprint density at radius 1 is 0.920 bits per heavy atom. The molecule has 0 saturated heterocycles. The second-order valence-electron chi connectivity index (χ2n) is 6.05. The van der Waals surface area contributed by atoms with Crippen molar-refractivity contribution in [2.45, 2.75) is 6.92 Å². The van der Waals surface area contributed by atoms with E-state index in [-0.39, 0.29) is 11.5 Å². The second kappa shape index (κ2) is 6.19. The molecule has 0 bridgehead atoms. The van der Waals surface area contributed by atoms with E-state index in [0.717, 1.165) is 21.2 Å². The molecule has 0 aliphatic carbocycles. The van der Waals surface area contributed by atoms with Crippen molar-refractivity contribution in [1.82, 2.24) is 0 Å². The molecule has 3 aromatic carbocycles. The van der Waals surface area contributed by atoms with Crippen LogP contribution in [0.2, 0.25) is 0 Å². The van der Waals surface area contributed by atoms with Gasteiger partial charge in [-0.1, -0.05) is 60.2 Å². The van der Waals surface area contributed by atoms with E-state index in [1.807, 2.05) is 55.5 Å². The summed E-state index contributed by atoms with van der Waals surface area (Å²) in [6.07, 6.45) is 0. The topological polar surface area (TPSA) is 37.3 Å². The molecule has 2 nitrogen and oxygen atoms in total. The van der Waals surface area contributed by atoms with Crippen LogP contribution < -0.4 is 0 Å². The number of aromatic hydroxyl groups is 1. The van der Waals surface area contributed by atoms with E-state index in [0.29, 0.717) is 10.4 Å². The zero-order valence-corrected chi connectivity index (χ0v) is 14.5. The maximum absolute atomic E-state index is 13.1. The van der Waals surface area contributed by atoms with Crippen molar-refractivity contribution in [2.75, 3.05) is 0 Å². The van der Waals surface area contributed by atoms with Gasteiger partial charge in [-0.15, -0.1) is 11.3 Å². The van der Waals surface area contributed by atoms with Crippen LogP contribution >= 0.6 is 11.3 Å². The monoisotopic (exact) mass is 344 g/mol. The molecule has 3 heteroatoms. The van der Waals surface area contributed by atoms with Crippen LogP contribution in [0.5, 0.6) is 5.75 Å². The first-order chi connectivity index (χ1) is 12.1. The van der Waals surface area contributed by atoms with Gasteiger partial charge >= 0.3 is 0 Å². The molecular formula is C22H16O2S. The third-order valence-electron chi connectivity index (χ3n) is 4.26. The smallest absolute Gasteiger partial charge is 0.203 e. The molecule has 1 N–H and O–H groups in total. The number of phenols is 1. The lowest BCUT2D eigenvalue weighted by Gasteiger charge is -2.06. The fourth-order valence-electron chi connectivity index (χ4n) is 2.97. The maximum Gasteiger partial charge on any atom is 0.203 e. The van der Waals surface area contributed by atoms with E-state index < -0.39 is 0 Å². The highest BCUT2D eigenvalue weighted by molar-refractivity contribution is 7.21. The van der Waals surface area contributed by atoms with Gasteiger partial charge in [0, 0.05) is 21.2 Å². The molecule has 4 rings (SSSR count). The van der Waals surface area contributed by atoms with Gasteiger partial charge in [-0.2, -0.15) is 0 Å². The number of ketones is 1. The zero-order chi connectivity index (χ0) is 17.4. The Kier molecular flexibility index (Phi) is 3.86. The molecule has 122 valence electrons. The third kappa shape index (κ3) is 2.83. The molecule has 0 saturated carbocycles. The number of rotatable bonds is 3. The van der Waals surface area contributed by atoms with Gasteiger partial charge in [0.05, 0.1) is 4.88 Å². The van der Waals surface area contributed by atoms with Crippen LogP contribution in [0.3, 0.4) is 0 Å². The van der Waals surface area contributed by atoms with Crippen molar-refractivity contribution in [1.29, 1.82) is 0 Å². The molecule has 4 aromatic rings. The quantitative estimate of drug-likeness (QED) is 0.476. The van der Waals surface area contributed by atoms with Crippen molar-refractivity contribution in [3.8, 4) is 16.9 Å². The van der Waals surface area contributed by atoms with Gasteiger partial charge < -0.3 is 5.11 Å². The Hall–Kier alpha value is -2.91. The average molecular weight is 344 g/mol. The predicted molar refractivity (Wildman–Crippen MR) is 104 cm³/mol. The largest absolute Gasteiger partial charge is 0.508 e. The van der Waals surface area contributed by atoms with E-state index in [1.54, 1.807) is 12.1 Å². The summed E-state index contributed by atoms with van der Waals surface area (Å²) in [5.74, 6) is 0.222. The first-order valence-electron chi connectivity index (χ1n) is 8.06. The number of thiophene rings is 1. The van der Waals surface area contributed by atoms with Gasteiger partial charge in [0.1, 0.15) is 5.75 Å². The Morgan fingerprint density at radius 3 is 2.36 bits per heavy atom. The summed E-state index contributed by atoms with van der Waals surface area (Å²) in [4.78, 5) is 13.8. The van der Waals surface area contributed by atoms with Gasteiger partial charge in [0.25, 0.3) is 0 Å². The molecule has 1 aromatic heterocycles. The molecule has 0 unspecified atom stereocenters. The minimum absolute atomic E-state index is 0.0110. The van der Waals surface area contributed by atoms with Crippen molar-refractivity contribution in [3.63, 3.8) is 0 Å². The molecule has 0 radical (unpaired) electrons. The number of carbonyl (C=O) groups is 1. The number of hydrogen-bond donors (Lipinski definition) is 1. The van der Waals surface area contributed by atoms with E-state index in [4.69, 9.17) is 0 Å². The summed E-state index contributed by atoms with van der Waals surface area (Å²) in [6.45, 7) is 2.05. The molecule has 0 spiro atoms. The summed E-state index contributed by atoms with van der Waals surface area (Å²) in [7, 11) is 0. The highest BCUT2D eigenvalue weighted by Crippen LogP contribution is 2.41. The summed E-state index contributed by atoms with van der Waals surface area (Å²) >= 11 is 1.43. The third-order valence-corrected chi connectivity index (χ3v) is 5.41. The molecule has 0 fully saturated rings. The molecular weight excluding hydrogens is 328 g/mol. The second-order valence-corrected chi connectivity index (χ2v) is 7.10. The Bertz CT molecular complexity index is 1060. The highest BCUT2D eigenvalue weighted by atomic mass is 32.1. The minimum atomic E-state index is 0.0110. The van der Waals surface area contributed by atoms with E-state index in [9.17, 15) is 9.90 Å². The number of fused-ring (bicyclic) bond motifs is 1. The van der Waals surface area contributed by atoms with Crippen LogP contribution in [0.25, 0.3) is 21.2 Å². The first-order valence-corrected chi connectivity index (χ1v) is 8.87. The molecule has 0 amide bonds. The van der Waals surface area contributed by atoms with Crippen LogP contribution in [0.1, 0.15) is 20.8 Å². The molecule has 0 aliphatic rings.